The van der Waals surface area contributed by atoms with Crippen LogP contribution in [-0.2, 0) is 13.2 Å². The molecule has 1 atom stereocenters. The molecule has 0 saturated heterocycles. The van der Waals surface area contributed by atoms with E-state index in [2.05, 4.69) is 15.1 Å². The molecular formula is C23H21ClF3N5O4. The number of hydrogen-bond acceptors (Lipinski definition) is 7. The minimum Gasteiger partial charge on any atom is -0.481 e. The van der Waals surface area contributed by atoms with Gasteiger partial charge in [0.05, 0.1) is 11.1 Å². The Morgan fingerprint density at radius 1 is 1.19 bits per heavy atom. The summed E-state index contributed by atoms with van der Waals surface area (Å²) < 4.78 is 53.8. The van der Waals surface area contributed by atoms with Gasteiger partial charge in [0.1, 0.15) is 24.1 Å². The summed E-state index contributed by atoms with van der Waals surface area (Å²) in [6, 6.07) is 5.91. The largest absolute Gasteiger partial charge is 0.481 e. The number of ether oxygens (including phenoxy) is 2. The van der Waals surface area contributed by atoms with Crippen LogP contribution in [0.5, 0.6) is 17.4 Å². The second-order valence-electron chi connectivity index (χ2n) is 7.67. The number of benzene rings is 1. The van der Waals surface area contributed by atoms with Crippen molar-refractivity contribution in [1.29, 1.82) is 0 Å². The van der Waals surface area contributed by atoms with Crippen LogP contribution in [0, 0.1) is 6.92 Å². The van der Waals surface area contributed by atoms with E-state index in [-0.39, 0.29) is 45.8 Å². The highest BCUT2D eigenvalue weighted by molar-refractivity contribution is 6.31. The molecule has 0 fully saturated rings. The van der Waals surface area contributed by atoms with Gasteiger partial charge in [0.25, 0.3) is 6.43 Å². The van der Waals surface area contributed by atoms with Crippen molar-refractivity contribution < 1.29 is 27.8 Å². The third-order valence-corrected chi connectivity index (χ3v) is 5.58. The van der Waals surface area contributed by atoms with Crippen LogP contribution < -0.4 is 15.2 Å². The quantitative estimate of drug-likeness (QED) is 0.350. The molecule has 4 rings (SSSR count). The second-order valence-corrected chi connectivity index (χ2v) is 8.08. The molecule has 0 radical (unpaired) electrons. The Hall–Kier alpha value is -3.64. The van der Waals surface area contributed by atoms with E-state index >= 15 is 0 Å². The molecule has 0 spiro atoms. The molecule has 0 saturated carbocycles. The summed E-state index contributed by atoms with van der Waals surface area (Å²) in [5.74, 6) is 0.0659. The topological polar surface area (TPSA) is 104 Å². The van der Waals surface area contributed by atoms with Gasteiger partial charge in [0.2, 0.25) is 5.88 Å². The molecule has 4 aromatic rings. The first-order chi connectivity index (χ1) is 17.3. The minimum absolute atomic E-state index is 0.0455. The Morgan fingerprint density at radius 3 is 2.61 bits per heavy atom. The molecule has 1 N–H and O–H groups in total. The molecule has 9 nitrogen and oxygen atoms in total. The second kappa shape index (κ2) is 10.5. The normalized spacial score (nSPS) is 12.3. The zero-order chi connectivity index (χ0) is 26.0. The van der Waals surface area contributed by atoms with Crippen LogP contribution in [0.1, 0.15) is 18.4 Å². The predicted molar refractivity (Wildman–Crippen MR) is 125 cm³/mol. The number of rotatable bonds is 9. The molecular weight excluding hydrogens is 503 g/mol. The van der Waals surface area contributed by atoms with Crippen LogP contribution >= 0.6 is 11.6 Å². The van der Waals surface area contributed by atoms with Crippen molar-refractivity contribution in [2.45, 2.75) is 39.5 Å². The summed E-state index contributed by atoms with van der Waals surface area (Å²) in [6.07, 6.45) is -2.42. The van der Waals surface area contributed by atoms with Crippen molar-refractivity contribution in [2.24, 2.45) is 0 Å². The van der Waals surface area contributed by atoms with Crippen molar-refractivity contribution >= 4 is 22.4 Å². The number of hydrogen-bond donors (Lipinski definition) is 1. The van der Waals surface area contributed by atoms with E-state index in [9.17, 15) is 23.1 Å². The lowest BCUT2D eigenvalue weighted by Gasteiger charge is -2.19. The average molecular weight is 524 g/mol. The van der Waals surface area contributed by atoms with Crippen molar-refractivity contribution in [3.63, 3.8) is 0 Å². The van der Waals surface area contributed by atoms with E-state index in [4.69, 9.17) is 21.1 Å². The van der Waals surface area contributed by atoms with E-state index in [0.29, 0.717) is 11.1 Å². The zero-order valence-corrected chi connectivity index (χ0v) is 19.9. The Morgan fingerprint density at radius 2 is 1.97 bits per heavy atom. The number of aryl methyl sites for hydroxylation is 1. The summed E-state index contributed by atoms with van der Waals surface area (Å²) in [5.41, 5.74) is 0.188. The van der Waals surface area contributed by atoms with Gasteiger partial charge in [0.15, 0.2) is 17.7 Å². The molecule has 3 heterocycles. The van der Waals surface area contributed by atoms with Gasteiger partial charge in [-0.2, -0.15) is 4.68 Å². The Bertz CT molecular complexity index is 1460. The fraction of sp³-hybridized carbons (Fsp3) is 0.304. The highest BCUT2D eigenvalue weighted by Gasteiger charge is 2.26. The number of pyridine rings is 2. The SMILES string of the molecule is CCn1c(CO)nn(-c2cc(OC(CF)C(F)F)c3c(Oc4cc(C)ncc4Cl)nccc3c2)c1=O. The maximum Gasteiger partial charge on any atom is 0.350 e. The molecule has 0 aliphatic carbocycles. The molecule has 1 aromatic carbocycles. The highest BCUT2D eigenvalue weighted by Crippen LogP contribution is 2.39. The first-order valence-electron chi connectivity index (χ1n) is 10.8. The van der Waals surface area contributed by atoms with Crippen molar-refractivity contribution in [1.82, 2.24) is 24.3 Å². The number of aliphatic hydroxyl groups is 1. The third-order valence-electron chi connectivity index (χ3n) is 5.29. The van der Waals surface area contributed by atoms with Gasteiger partial charge in [-0.15, -0.1) is 5.10 Å². The van der Waals surface area contributed by atoms with Gasteiger partial charge >= 0.3 is 5.69 Å². The van der Waals surface area contributed by atoms with E-state index in [0.717, 1.165) is 4.68 Å². The number of aliphatic hydroxyl groups excluding tert-OH is 1. The van der Waals surface area contributed by atoms with Crippen LogP contribution in [0.3, 0.4) is 0 Å². The third kappa shape index (κ3) is 4.86. The van der Waals surface area contributed by atoms with Crippen LogP contribution in [0.15, 0.2) is 41.5 Å². The van der Waals surface area contributed by atoms with Gasteiger partial charge in [-0.3, -0.25) is 9.55 Å². The zero-order valence-electron chi connectivity index (χ0n) is 19.2. The van der Waals surface area contributed by atoms with Gasteiger partial charge in [0, 0.05) is 36.8 Å². The summed E-state index contributed by atoms with van der Waals surface area (Å²) in [7, 11) is 0. The lowest BCUT2D eigenvalue weighted by Crippen LogP contribution is -2.28. The van der Waals surface area contributed by atoms with Gasteiger partial charge in [-0.25, -0.2) is 22.9 Å². The number of halogens is 4. The molecule has 13 heteroatoms. The smallest absolute Gasteiger partial charge is 0.350 e. The lowest BCUT2D eigenvalue weighted by molar-refractivity contribution is -0.000431. The molecule has 0 aliphatic rings. The van der Waals surface area contributed by atoms with Crippen molar-refractivity contribution in [3.05, 3.63) is 63.7 Å². The summed E-state index contributed by atoms with van der Waals surface area (Å²) in [5, 5.41) is 14.4. The van der Waals surface area contributed by atoms with Crippen LogP contribution in [-0.4, -0.2) is 48.6 Å². The maximum absolute atomic E-state index is 13.4. The minimum atomic E-state index is -3.13. The first-order valence-corrected chi connectivity index (χ1v) is 11.2. The molecule has 0 bridgehead atoms. The van der Waals surface area contributed by atoms with Crippen molar-refractivity contribution in [3.8, 4) is 23.1 Å². The Kier molecular flexibility index (Phi) is 7.45. The predicted octanol–water partition coefficient (Wildman–Crippen LogP) is 4.23. The highest BCUT2D eigenvalue weighted by atomic mass is 35.5. The summed E-state index contributed by atoms with van der Waals surface area (Å²) >= 11 is 6.19. The number of nitrogens with zero attached hydrogens (tertiary/aromatic N) is 5. The maximum atomic E-state index is 13.4. The number of fused-ring (bicyclic) bond motifs is 1. The molecule has 36 heavy (non-hydrogen) atoms. The van der Waals surface area contributed by atoms with Gasteiger partial charge < -0.3 is 14.6 Å². The average Bonchev–Trinajstić information content (AvgIpc) is 3.19. The summed E-state index contributed by atoms with van der Waals surface area (Å²) in [4.78, 5) is 21.1. The Labute approximate surface area is 207 Å². The fourth-order valence-electron chi connectivity index (χ4n) is 3.58. The van der Waals surface area contributed by atoms with E-state index in [1.165, 1.54) is 23.0 Å². The van der Waals surface area contributed by atoms with E-state index in [1.807, 2.05) is 0 Å². The molecule has 0 amide bonds. The first kappa shape index (κ1) is 25.5. The fourth-order valence-corrected chi connectivity index (χ4v) is 3.72. The van der Waals surface area contributed by atoms with Gasteiger partial charge in [-0.1, -0.05) is 11.6 Å². The molecule has 1 unspecified atom stereocenters. The lowest BCUT2D eigenvalue weighted by atomic mass is 10.1. The number of aromatic nitrogens is 5. The van der Waals surface area contributed by atoms with Crippen LogP contribution in [0.4, 0.5) is 13.2 Å². The van der Waals surface area contributed by atoms with Crippen molar-refractivity contribution in [2.75, 3.05) is 6.67 Å². The standard InChI is InChI=1S/C23H21ClF3N5O4/c1-3-31-19(11-33)30-32(23(31)34)14-7-13-4-5-28-22(36-16-6-12(2)29-10-15(16)24)20(13)17(8-14)35-18(9-25)21(26)27/h4-8,10,18,21,33H,3,9,11H2,1-2H3. The molecule has 3 aromatic heterocycles. The van der Waals surface area contributed by atoms with Crippen LogP contribution in [0.25, 0.3) is 16.5 Å². The van der Waals surface area contributed by atoms with E-state index < -0.39 is 31.5 Å². The van der Waals surface area contributed by atoms with Gasteiger partial charge in [-0.05, 0) is 31.4 Å². The molecule has 190 valence electrons. The van der Waals surface area contributed by atoms with Crippen LogP contribution in [0.2, 0.25) is 5.02 Å². The van der Waals surface area contributed by atoms with E-state index in [1.54, 1.807) is 32.0 Å². The molecule has 0 aliphatic heterocycles. The Balaban J connectivity index is 1.94. The summed E-state index contributed by atoms with van der Waals surface area (Å²) in [6.45, 7) is 1.72. The monoisotopic (exact) mass is 523 g/mol. The number of alkyl halides is 3.